The molecule has 4 rings (SSSR count). The summed E-state index contributed by atoms with van der Waals surface area (Å²) in [6.07, 6.45) is 0. The summed E-state index contributed by atoms with van der Waals surface area (Å²) in [6, 6.07) is 24.4. The molecule has 0 unspecified atom stereocenters. The molecule has 0 atom stereocenters. The van der Waals surface area contributed by atoms with Gasteiger partial charge in [0.25, 0.3) is 5.91 Å². The SMILES string of the molecule is CN(CCOc1ccc(Cl)cc1)C(=O)CN1C(=O)NC(c2ccccc2)(c2ccccc2)C1=O. The molecule has 0 bridgehead atoms. The van der Waals surface area contributed by atoms with Gasteiger partial charge in [-0.05, 0) is 35.4 Å². The Bertz CT molecular complexity index is 1130. The Morgan fingerprint density at radius 3 is 2.06 bits per heavy atom. The fraction of sp³-hybridized carbons (Fsp3) is 0.192. The Hall–Kier alpha value is -3.84. The fourth-order valence-electron chi connectivity index (χ4n) is 3.87. The van der Waals surface area contributed by atoms with Crippen LogP contribution in [0.15, 0.2) is 84.9 Å². The van der Waals surface area contributed by atoms with E-state index in [2.05, 4.69) is 5.32 Å². The Kier molecular flexibility index (Phi) is 6.84. The van der Waals surface area contributed by atoms with Crippen LogP contribution in [-0.4, -0.2) is 54.4 Å². The highest BCUT2D eigenvalue weighted by Gasteiger charge is 2.54. The molecule has 174 valence electrons. The van der Waals surface area contributed by atoms with Crippen LogP contribution in [0, 0.1) is 0 Å². The van der Waals surface area contributed by atoms with Crippen LogP contribution in [0.5, 0.6) is 5.75 Å². The van der Waals surface area contributed by atoms with Gasteiger partial charge in [0.1, 0.15) is 18.9 Å². The van der Waals surface area contributed by atoms with E-state index in [-0.39, 0.29) is 25.6 Å². The molecule has 1 aliphatic heterocycles. The second-order valence-corrected chi connectivity index (χ2v) is 8.36. The first-order chi connectivity index (χ1) is 16.4. The van der Waals surface area contributed by atoms with Gasteiger partial charge in [0.05, 0.1) is 6.54 Å². The van der Waals surface area contributed by atoms with Crippen molar-refractivity contribution in [2.45, 2.75) is 5.54 Å². The molecule has 8 heteroatoms. The van der Waals surface area contributed by atoms with E-state index in [0.29, 0.717) is 21.9 Å². The van der Waals surface area contributed by atoms with Gasteiger partial charge in [0, 0.05) is 12.1 Å². The van der Waals surface area contributed by atoms with E-state index in [9.17, 15) is 14.4 Å². The molecule has 3 aromatic carbocycles. The van der Waals surface area contributed by atoms with Crippen molar-refractivity contribution in [1.82, 2.24) is 15.1 Å². The van der Waals surface area contributed by atoms with E-state index in [0.717, 1.165) is 4.90 Å². The quantitative estimate of drug-likeness (QED) is 0.502. The summed E-state index contributed by atoms with van der Waals surface area (Å²) in [5.41, 5.74) is -0.144. The molecule has 3 aromatic rings. The number of carbonyl (C=O) groups is 3. The highest BCUT2D eigenvalue weighted by atomic mass is 35.5. The van der Waals surface area contributed by atoms with Crippen molar-refractivity contribution in [2.24, 2.45) is 0 Å². The number of hydrogen-bond donors (Lipinski definition) is 1. The fourth-order valence-corrected chi connectivity index (χ4v) is 3.99. The molecule has 1 aliphatic rings. The van der Waals surface area contributed by atoms with Gasteiger partial charge in [-0.2, -0.15) is 0 Å². The van der Waals surface area contributed by atoms with Crippen molar-refractivity contribution < 1.29 is 19.1 Å². The summed E-state index contributed by atoms with van der Waals surface area (Å²) in [6.45, 7) is 0.166. The van der Waals surface area contributed by atoms with Crippen LogP contribution in [0.3, 0.4) is 0 Å². The van der Waals surface area contributed by atoms with Crippen LogP contribution in [0.4, 0.5) is 4.79 Å². The molecular formula is C26H24ClN3O4. The van der Waals surface area contributed by atoms with Gasteiger partial charge in [0.15, 0.2) is 5.54 Å². The molecule has 0 saturated carbocycles. The van der Waals surface area contributed by atoms with Gasteiger partial charge in [-0.3, -0.25) is 14.5 Å². The second-order valence-electron chi connectivity index (χ2n) is 7.92. The Morgan fingerprint density at radius 2 is 1.50 bits per heavy atom. The number of nitrogens with zero attached hydrogens (tertiary/aromatic N) is 2. The van der Waals surface area contributed by atoms with E-state index in [1.54, 1.807) is 55.6 Å². The minimum Gasteiger partial charge on any atom is -0.492 e. The van der Waals surface area contributed by atoms with E-state index < -0.39 is 17.5 Å². The summed E-state index contributed by atoms with van der Waals surface area (Å²) in [5.74, 6) is -0.232. The molecule has 1 saturated heterocycles. The average Bonchev–Trinajstić information content (AvgIpc) is 3.12. The lowest BCUT2D eigenvalue weighted by molar-refractivity contribution is -0.138. The van der Waals surface area contributed by atoms with Crippen LogP contribution in [-0.2, 0) is 15.1 Å². The number of hydrogen-bond acceptors (Lipinski definition) is 4. The lowest BCUT2D eigenvalue weighted by Gasteiger charge is -2.28. The maximum Gasteiger partial charge on any atom is 0.326 e. The van der Waals surface area contributed by atoms with Crippen molar-refractivity contribution in [3.63, 3.8) is 0 Å². The zero-order valence-electron chi connectivity index (χ0n) is 18.6. The Labute approximate surface area is 202 Å². The van der Waals surface area contributed by atoms with E-state index >= 15 is 0 Å². The zero-order valence-corrected chi connectivity index (χ0v) is 19.4. The normalized spacial score (nSPS) is 14.6. The van der Waals surface area contributed by atoms with Gasteiger partial charge in [-0.1, -0.05) is 72.3 Å². The third-order valence-electron chi connectivity index (χ3n) is 5.75. The highest BCUT2D eigenvalue weighted by molar-refractivity contribution is 6.30. The lowest BCUT2D eigenvalue weighted by Crippen LogP contribution is -2.46. The van der Waals surface area contributed by atoms with Crippen molar-refractivity contribution in [3.8, 4) is 5.75 Å². The first-order valence-electron chi connectivity index (χ1n) is 10.8. The van der Waals surface area contributed by atoms with Crippen molar-refractivity contribution >= 4 is 29.4 Å². The lowest BCUT2D eigenvalue weighted by atomic mass is 9.82. The number of halogens is 1. The number of imide groups is 1. The third kappa shape index (κ3) is 4.61. The predicted octanol–water partition coefficient (Wildman–Crippen LogP) is 3.67. The number of urea groups is 1. The molecule has 1 N–H and O–H groups in total. The van der Waals surface area contributed by atoms with Gasteiger partial charge in [0.2, 0.25) is 5.91 Å². The summed E-state index contributed by atoms with van der Waals surface area (Å²) < 4.78 is 5.63. The van der Waals surface area contributed by atoms with Crippen LogP contribution in [0.25, 0.3) is 0 Å². The van der Waals surface area contributed by atoms with Gasteiger partial charge >= 0.3 is 6.03 Å². The molecule has 0 aliphatic carbocycles. The van der Waals surface area contributed by atoms with Crippen molar-refractivity contribution in [2.75, 3.05) is 26.7 Å². The summed E-state index contributed by atoms with van der Waals surface area (Å²) >= 11 is 5.87. The highest BCUT2D eigenvalue weighted by Crippen LogP contribution is 2.35. The van der Waals surface area contributed by atoms with Gasteiger partial charge < -0.3 is 15.0 Å². The topological polar surface area (TPSA) is 79.0 Å². The van der Waals surface area contributed by atoms with E-state index in [4.69, 9.17) is 16.3 Å². The van der Waals surface area contributed by atoms with Crippen LogP contribution in [0.2, 0.25) is 5.02 Å². The first kappa shape index (κ1) is 23.3. The number of ether oxygens (including phenoxy) is 1. The van der Waals surface area contributed by atoms with Crippen LogP contribution in [0.1, 0.15) is 11.1 Å². The average molecular weight is 478 g/mol. The minimum atomic E-state index is -1.39. The van der Waals surface area contributed by atoms with Crippen molar-refractivity contribution in [1.29, 1.82) is 0 Å². The standard InChI is InChI=1S/C26H24ClN3O4/c1-29(16-17-34-22-14-12-21(27)13-15-22)23(31)18-30-24(32)26(28-25(30)33,19-8-4-2-5-9-19)20-10-6-3-7-11-20/h2-15H,16-18H2,1H3,(H,28,33). The number of rotatable bonds is 8. The summed E-state index contributed by atoms with van der Waals surface area (Å²) in [5, 5.41) is 3.45. The smallest absolute Gasteiger partial charge is 0.326 e. The number of benzene rings is 3. The van der Waals surface area contributed by atoms with E-state index in [1.165, 1.54) is 4.90 Å². The molecule has 0 aromatic heterocycles. The van der Waals surface area contributed by atoms with Gasteiger partial charge in [-0.15, -0.1) is 0 Å². The molecule has 4 amide bonds. The minimum absolute atomic E-state index is 0.252. The zero-order chi connectivity index (χ0) is 24.1. The Balaban J connectivity index is 1.47. The molecule has 0 spiro atoms. The predicted molar refractivity (Wildman–Crippen MR) is 128 cm³/mol. The first-order valence-corrected chi connectivity index (χ1v) is 11.2. The third-order valence-corrected chi connectivity index (χ3v) is 6.00. The largest absolute Gasteiger partial charge is 0.492 e. The molecule has 34 heavy (non-hydrogen) atoms. The molecule has 0 radical (unpaired) electrons. The molecule has 7 nitrogen and oxygen atoms in total. The van der Waals surface area contributed by atoms with Crippen LogP contribution < -0.4 is 10.1 Å². The summed E-state index contributed by atoms with van der Waals surface area (Å²) in [7, 11) is 1.60. The molecular weight excluding hydrogens is 454 g/mol. The maximum absolute atomic E-state index is 13.7. The monoisotopic (exact) mass is 477 g/mol. The number of nitrogens with one attached hydrogen (secondary N) is 1. The molecule has 1 heterocycles. The molecule has 1 fully saturated rings. The van der Waals surface area contributed by atoms with Crippen molar-refractivity contribution in [3.05, 3.63) is 101 Å². The number of carbonyl (C=O) groups excluding carboxylic acids is 3. The number of amides is 4. The Morgan fingerprint density at radius 1 is 0.941 bits per heavy atom. The number of likely N-dealkylation sites (N-methyl/N-ethyl adjacent to an activating group) is 1. The second kappa shape index (κ2) is 9.97. The summed E-state index contributed by atoms with van der Waals surface area (Å²) in [4.78, 5) is 41.8. The van der Waals surface area contributed by atoms with E-state index in [1.807, 2.05) is 36.4 Å². The van der Waals surface area contributed by atoms with Gasteiger partial charge in [-0.25, -0.2) is 4.79 Å². The van der Waals surface area contributed by atoms with Crippen LogP contribution >= 0.6 is 11.6 Å². The maximum atomic E-state index is 13.7.